The standard InChI is InChI=1S/C19H27N3O4S/c1-25-19(16-6-5-15(27-16)17(20)23)13-3-2-4-14(19)12-21(11-13)7-8-22-9-10-26-18(22)24/h5-6,13-14H,2-4,7-12H2,1H3,(H2,20,23). The maximum Gasteiger partial charge on any atom is 0.409 e. The molecule has 2 amide bonds. The molecule has 3 heterocycles. The molecule has 0 spiro atoms. The molecule has 2 atom stereocenters. The van der Waals surface area contributed by atoms with Gasteiger partial charge >= 0.3 is 6.09 Å². The predicted molar refractivity (Wildman–Crippen MR) is 102 cm³/mol. The van der Waals surface area contributed by atoms with Gasteiger partial charge in [0.1, 0.15) is 12.2 Å². The van der Waals surface area contributed by atoms with Gasteiger partial charge in [-0.1, -0.05) is 6.42 Å². The van der Waals surface area contributed by atoms with Crippen molar-refractivity contribution in [3.63, 3.8) is 0 Å². The Hall–Kier alpha value is -1.64. The normalized spacial score (nSPS) is 31.1. The summed E-state index contributed by atoms with van der Waals surface area (Å²) in [5.74, 6) is 0.373. The van der Waals surface area contributed by atoms with Crippen LogP contribution in [0.25, 0.3) is 0 Å². The number of fused-ring (bicyclic) bond motifs is 2. The largest absolute Gasteiger partial charge is 0.448 e. The van der Waals surface area contributed by atoms with Gasteiger partial charge in [0.15, 0.2) is 0 Å². The van der Waals surface area contributed by atoms with Crippen LogP contribution in [0.15, 0.2) is 12.1 Å². The zero-order valence-electron chi connectivity index (χ0n) is 15.7. The Labute approximate surface area is 163 Å². The van der Waals surface area contributed by atoms with Crippen molar-refractivity contribution in [2.45, 2.75) is 24.9 Å². The summed E-state index contributed by atoms with van der Waals surface area (Å²) in [4.78, 5) is 29.2. The number of carbonyl (C=O) groups is 2. The van der Waals surface area contributed by atoms with E-state index in [1.165, 1.54) is 17.8 Å². The van der Waals surface area contributed by atoms with Gasteiger partial charge in [0.25, 0.3) is 5.91 Å². The number of nitrogens with two attached hydrogens (primary N) is 1. The van der Waals surface area contributed by atoms with Crippen LogP contribution in [0.3, 0.4) is 0 Å². The molecule has 27 heavy (non-hydrogen) atoms. The average molecular weight is 394 g/mol. The summed E-state index contributed by atoms with van der Waals surface area (Å²) < 4.78 is 11.2. The Morgan fingerprint density at radius 1 is 1.33 bits per heavy atom. The average Bonchev–Trinajstić information content (AvgIpc) is 3.28. The molecule has 3 aliphatic rings. The van der Waals surface area contributed by atoms with Gasteiger partial charge in [-0.05, 0) is 25.0 Å². The van der Waals surface area contributed by atoms with Crippen LogP contribution >= 0.6 is 11.3 Å². The molecule has 0 radical (unpaired) electrons. The van der Waals surface area contributed by atoms with Gasteiger partial charge < -0.3 is 25.0 Å². The molecule has 2 N–H and O–H groups in total. The van der Waals surface area contributed by atoms with Gasteiger partial charge in [-0.2, -0.15) is 0 Å². The minimum absolute atomic E-state index is 0.198. The SMILES string of the molecule is COC1(c2ccc(C(N)=O)s2)C2CCCC1CN(CCN1CCOC1=O)C2. The van der Waals surface area contributed by atoms with E-state index in [1.807, 2.05) is 12.1 Å². The molecule has 8 heteroatoms. The van der Waals surface area contributed by atoms with Crippen molar-refractivity contribution in [2.24, 2.45) is 17.6 Å². The number of hydrogen-bond acceptors (Lipinski definition) is 6. The van der Waals surface area contributed by atoms with Crippen LogP contribution in [0, 0.1) is 11.8 Å². The van der Waals surface area contributed by atoms with Gasteiger partial charge in [-0.25, -0.2) is 4.79 Å². The molecule has 1 aromatic rings. The van der Waals surface area contributed by atoms with Gasteiger partial charge in [-0.15, -0.1) is 11.3 Å². The van der Waals surface area contributed by atoms with Crippen LogP contribution in [0.4, 0.5) is 4.79 Å². The smallest absolute Gasteiger partial charge is 0.409 e. The lowest BCUT2D eigenvalue weighted by Crippen LogP contribution is -2.59. The van der Waals surface area contributed by atoms with Crippen molar-refractivity contribution in [3.8, 4) is 0 Å². The van der Waals surface area contributed by atoms with E-state index in [4.69, 9.17) is 15.2 Å². The summed E-state index contributed by atoms with van der Waals surface area (Å²) >= 11 is 1.48. The molecule has 7 nitrogen and oxygen atoms in total. The van der Waals surface area contributed by atoms with Crippen LogP contribution in [-0.4, -0.2) is 68.2 Å². The molecular weight excluding hydrogens is 366 g/mol. The number of carbonyl (C=O) groups excluding carboxylic acids is 2. The van der Waals surface area contributed by atoms with E-state index in [0.29, 0.717) is 36.4 Å². The lowest BCUT2D eigenvalue weighted by Gasteiger charge is -2.55. The van der Waals surface area contributed by atoms with Gasteiger partial charge in [0, 0.05) is 50.0 Å². The summed E-state index contributed by atoms with van der Waals surface area (Å²) in [6.45, 7) is 4.64. The van der Waals surface area contributed by atoms with Crippen molar-refractivity contribution in [1.82, 2.24) is 9.80 Å². The van der Waals surface area contributed by atoms with E-state index in [1.54, 1.807) is 12.0 Å². The van der Waals surface area contributed by atoms with Crippen molar-refractivity contribution < 1.29 is 19.1 Å². The number of ether oxygens (including phenoxy) is 2. The maximum atomic E-state index is 11.7. The maximum absolute atomic E-state index is 11.7. The molecular formula is C19H27N3O4S. The van der Waals surface area contributed by atoms with E-state index >= 15 is 0 Å². The fourth-order valence-electron chi connectivity index (χ4n) is 5.11. The van der Waals surface area contributed by atoms with Gasteiger partial charge in [-0.3, -0.25) is 4.79 Å². The number of thiophene rings is 1. The minimum Gasteiger partial charge on any atom is -0.448 e. The van der Waals surface area contributed by atoms with Crippen LogP contribution < -0.4 is 5.73 Å². The molecule has 2 aliphatic heterocycles. The van der Waals surface area contributed by atoms with E-state index in [9.17, 15) is 9.59 Å². The summed E-state index contributed by atoms with van der Waals surface area (Å²) in [6.07, 6.45) is 3.23. The summed E-state index contributed by atoms with van der Waals surface area (Å²) in [7, 11) is 1.80. The minimum atomic E-state index is -0.377. The fourth-order valence-corrected chi connectivity index (χ4v) is 6.30. The van der Waals surface area contributed by atoms with Gasteiger partial charge in [0.05, 0.1) is 11.4 Å². The van der Waals surface area contributed by atoms with Crippen molar-refractivity contribution in [3.05, 3.63) is 21.9 Å². The molecule has 2 unspecified atom stereocenters. The quantitative estimate of drug-likeness (QED) is 0.798. The number of primary amides is 1. The second-order valence-corrected chi connectivity index (χ2v) is 8.79. The third kappa shape index (κ3) is 3.23. The first kappa shape index (κ1) is 18.7. The van der Waals surface area contributed by atoms with E-state index in [-0.39, 0.29) is 17.6 Å². The van der Waals surface area contributed by atoms with E-state index in [2.05, 4.69) is 4.90 Å². The molecule has 148 valence electrons. The number of methoxy groups -OCH3 is 1. The lowest BCUT2D eigenvalue weighted by atomic mass is 9.64. The molecule has 2 bridgehead atoms. The molecule has 1 aliphatic carbocycles. The molecule has 2 saturated heterocycles. The molecule has 3 fully saturated rings. The van der Waals surface area contributed by atoms with Gasteiger partial charge in [0.2, 0.25) is 0 Å². The predicted octanol–water partition coefficient (Wildman–Crippen LogP) is 1.87. The van der Waals surface area contributed by atoms with E-state index in [0.717, 1.165) is 37.4 Å². The van der Waals surface area contributed by atoms with E-state index < -0.39 is 0 Å². The first-order chi connectivity index (χ1) is 13.0. The van der Waals surface area contributed by atoms with Crippen LogP contribution in [0.1, 0.15) is 33.8 Å². The third-order valence-corrected chi connectivity index (χ3v) is 7.61. The van der Waals surface area contributed by atoms with Crippen molar-refractivity contribution in [2.75, 3.05) is 46.4 Å². The van der Waals surface area contributed by atoms with Crippen molar-refractivity contribution >= 4 is 23.3 Å². The number of likely N-dealkylation sites (tertiary alicyclic amines) is 1. The topological polar surface area (TPSA) is 85.1 Å². The zero-order valence-corrected chi connectivity index (χ0v) is 16.5. The number of cyclic esters (lactones) is 1. The second kappa shape index (κ2) is 7.41. The Kier molecular flexibility index (Phi) is 5.13. The monoisotopic (exact) mass is 393 g/mol. The fraction of sp³-hybridized carbons (Fsp3) is 0.684. The number of amides is 2. The molecule has 4 rings (SSSR count). The highest BCUT2D eigenvalue weighted by atomic mass is 32.1. The summed E-state index contributed by atoms with van der Waals surface area (Å²) in [6, 6.07) is 3.85. The summed E-state index contributed by atoms with van der Waals surface area (Å²) in [5.41, 5.74) is 5.14. The first-order valence-corrected chi connectivity index (χ1v) is 10.5. The Morgan fingerprint density at radius 2 is 2.07 bits per heavy atom. The molecule has 0 aromatic carbocycles. The highest BCUT2D eigenvalue weighted by Gasteiger charge is 2.53. The highest BCUT2D eigenvalue weighted by Crippen LogP contribution is 2.53. The Bertz CT molecular complexity index is 708. The number of hydrogen-bond donors (Lipinski definition) is 1. The Balaban J connectivity index is 1.51. The number of rotatable bonds is 6. The first-order valence-electron chi connectivity index (χ1n) is 9.64. The van der Waals surface area contributed by atoms with Crippen LogP contribution in [-0.2, 0) is 15.1 Å². The molecule has 1 saturated carbocycles. The zero-order chi connectivity index (χ0) is 19.0. The van der Waals surface area contributed by atoms with Crippen LogP contribution in [0.2, 0.25) is 0 Å². The Morgan fingerprint density at radius 3 is 2.63 bits per heavy atom. The number of piperidine rings is 1. The number of nitrogens with zero attached hydrogens (tertiary/aromatic N) is 2. The van der Waals surface area contributed by atoms with Crippen molar-refractivity contribution in [1.29, 1.82) is 0 Å². The third-order valence-electron chi connectivity index (χ3n) is 6.38. The second-order valence-electron chi connectivity index (χ2n) is 7.71. The summed E-state index contributed by atoms with van der Waals surface area (Å²) in [5, 5.41) is 0. The van der Waals surface area contributed by atoms with Crippen LogP contribution in [0.5, 0.6) is 0 Å². The lowest BCUT2D eigenvalue weighted by molar-refractivity contribution is -0.166. The highest BCUT2D eigenvalue weighted by molar-refractivity contribution is 7.14. The molecule has 1 aromatic heterocycles.